The Bertz CT molecular complexity index is 885. The fraction of sp³-hybridized carbons (Fsp3) is 0.333. The SMILES string of the molecule is O=S(=O)(NCCc1cccs1)c1ccc(S(=O)(=O)NC2CC2)cc1. The Balaban J connectivity index is 1.65. The first kappa shape index (κ1) is 17.6. The van der Waals surface area contributed by atoms with Gasteiger partial charge < -0.3 is 0 Å². The summed E-state index contributed by atoms with van der Waals surface area (Å²) in [7, 11) is -7.22. The third-order valence-corrected chi connectivity index (χ3v) is 7.54. The molecule has 1 fully saturated rings. The van der Waals surface area contributed by atoms with Gasteiger partial charge in [0.25, 0.3) is 0 Å². The predicted molar refractivity (Wildman–Crippen MR) is 93.0 cm³/mol. The zero-order valence-corrected chi connectivity index (χ0v) is 15.3. The van der Waals surface area contributed by atoms with Crippen LogP contribution in [-0.2, 0) is 26.5 Å². The van der Waals surface area contributed by atoms with Crippen LogP contribution >= 0.6 is 11.3 Å². The molecule has 2 aromatic rings. The Morgan fingerprint density at radius 3 is 2.12 bits per heavy atom. The third kappa shape index (κ3) is 4.42. The summed E-state index contributed by atoms with van der Waals surface area (Å²) in [5.74, 6) is 0. The first-order chi connectivity index (χ1) is 11.4. The van der Waals surface area contributed by atoms with Gasteiger partial charge in [-0.05, 0) is 55.0 Å². The molecule has 0 atom stereocenters. The van der Waals surface area contributed by atoms with Gasteiger partial charge in [0.05, 0.1) is 9.79 Å². The molecule has 1 aromatic heterocycles. The Kier molecular flexibility index (Phi) is 5.07. The molecule has 0 spiro atoms. The van der Waals surface area contributed by atoms with Crippen molar-refractivity contribution in [2.45, 2.75) is 35.1 Å². The van der Waals surface area contributed by atoms with Gasteiger partial charge in [-0.25, -0.2) is 26.3 Å². The number of nitrogens with one attached hydrogen (secondary N) is 2. The second-order valence-electron chi connectivity index (χ2n) is 5.59. The van der Waals surface area contributed by atoms with Gasteiger partial charge >= 0.3 is 0 Å². The molecule has 2 N–H and O–H groups in total. The number of hydrogen-bond donors (Lipinski definition) is 2. The lowest BCUT2D eigenvalue weighted by Crippen LogP contribution is -2.27. The molecule has 1 aromatic carbocycles. The van der Waals surface area contributed by atoms with Gasteiger partial charge in [0, 0.05) is 17.5 Å². The van der Waals surface area contributed by atoms with E-state index >= 15 is 0 Å². The number of rotatable bonds is 8. The zero-order chi connectivity index (χ0) is 17.2. The molecule has 6 nitrogen and oxygen atoms in total. The Morgan fingerprint density at radius 2 is 1.58 bits per heavy atom. The highest BCUT2D eigenvalue weighted by Gasteiger charge is 2.28. The van der Waals surface area contributed by atoms with E-state index in [1.807, 2.05) is 17.5 Å². The quantitative estimate of drug-likeness (QED) is 0.722. The van der Waals surface area contributed by atoms with E-state index < -0.39 is 20.0 Å². The van der Waals surface area contributed by atoms with Crippen LogP contribution in [0.5, 0.6) is 0 Å². The highest BCUT2D eigenvalue weighted by Crippen LogP contribution is 2.22. The molecular formula is C15H18N2O4S3. The van der Waals surface area contributed by atoms with Crippen molar-refractivity contribution in [2.75, 3.05) is 6.54 Å². The minimum atomic E-state index is -3.65. The largest absolute Gasteiger partial charge is 0.240 e. The molecule has 0 amide bonds. The van der Waals surface area contributed by atoms with E-state index in [0.29, 0.717) is 13.0 Å². The molecule has 0 aliphatic heterocycles. The molecule has 24 heavy (non-hydrogen) atoms. The molecule has 9 heteroatoms. The van der Waals surface area contributed by atoms with Crippen molar-refractivity contribution >= 4 is 31.4 Å². The van der Waals surface area contributed by atoms with Crippen molar-refractivity contribution in [3.8, 4) is 0 Å². The van der Waals surface area contributed by atoms with E-state index in [2.05, 4.69) is 9.44 Å². The Hall–Kier alpha value is -1.26. The van der Waals surface area contributed by atoms with Gasteiger partial charge in [-0.1, -0.05) is 6.07 Å². The smallest absolute Gasteiger partial charge is 0.211 e. The molecule has 1 heterocycles. The minimum absolute atomic E-state index is 0.0114. The van der Waals surface area contributed by atoms with Crippen molar-refractivity contribution in [2.24, 2.45) is 0 Å². The molecule has 1 aliphatic rings. The maximum Gasteiger partial charge on any atom is 0.240 e. The van der Waals surface area contributed by atoms with E-state index in [0.717, 1.165) is 17.7 Å². The number of sulfonamides is 2. The van der Waals surface area contributed by atoms with Crippen molar-refractivity contribution in [1.82, 2.24) is 9.44 Å². The van der Waals surface area contributed by atoms with E-state index in [9.17, 15) is 16.8 Å². The predicted octanol–water partition coefficient (Wildman–Crippen LogP) is 1.71. The van der Waals surface area contributed by atoms with Crippen LogP contribution in [0, 0.1) is 0 Å². The van der Waals surface area contributed by atoms with Gasteiger partial charge in [0.1, 0.15) is 0 Å². The first-order valence-electron chi connectivity index (χ1n) is 7.51. The molecule has 0 unspecified atom stereocenters. The zero-order valence-electron chi connectivity index (χ0n) is 12.8. The summed E-state index contributed by atoms with van der Waals surface area (Å²) in [6, 6.07) is 9.15. The molecule has 0 bridgehead atoms. The van der Waals surface area contributed by atoms with Crippen LogP contribution in [0.1, 0.15) is 17.7 Å². The van der Waals surface area contributed by atoms with E-state index in [1.54, 1.807) is 11.3 Å². The fourth-order valence-corrected chi connectivity index (χ4v) is 5.18. The number of benzene rings is 1. The van der Waals surface area contributed by atoms with Gasteiger partial charge in [0.2, 0.25) is 20.0 Å². The Labute approximate surface area is 146 Å². The van der Waals surface area contributed by atoms with Crippen LogP contribution in [-0.4, -0.2) is 29.4 Å². The van der Waals surface area contributed by atoms with Gasteiger partial charge in [-0.15, -0.1) is 11.3 Å². The maximum absolute atomic E-state index is 12.2. The summed E-state index contributed by atoms with van der Waals surface area (Å²) >= 11 is 1.58. The van der Waals surface area contributed by atoms with Crippen LogP contribution in [0.25, 0.3) is 0 Å². The summed E-state index contributed by atoms with van der Waals surface area (Å²) in [6.45, 7) is 0.298. The molecular weight excluding hydrogens is 368 g/mol. The van der Waals surface area contributed by atoms with E-state index in [1.165, 1.54) is 24.3 Å². The number of hydrogen-bond acceptors (Lipinski definition) is 5. The average Bonchev–Trinajstić information content (AvgIpc) is 3.18. The topological polar surface area (TPSA) is 92.3 Å². The molecule has 0 radical (unpaired) electrons. The van der Waals surface area contributed by atoms with Crippen molar-refractivity contribution < 1.29 is 16.8 Å². The summed E-state index contributed by atoms with van der Waals surface area (Å²) in [4.78, 5) is 1.23. The molecule has 0 saturated heterocycles. The van der Waals surface area contributed by atoms with Crippen LogP contribution in [0.4, 0.5) is 0 Å². The monoisotopic (exact) mass is 386 g/mol. The molecule has 1 saturated carbocycles. The van der Waals surface area contributed by atoms with E-state index in [-0.39, 0.29) is 15.8 Å². The highest BCUT2D eigenvalue weighted by atomic mass is 32.2. The maximum atomic E-state index is 12.2. The molecule has 1 aliphatic carbocycles. The van der Waals surface area contributed by atoms with Gasteiger partial charge in [-0.3, -0.25) is 0 Å². The standard InChI is InChI=1S/C15H18N2O4S3/c18-23(19,16-10-9-13-2-1-11-22-13)14-5-7-15(8-6-14)24(20,21)17-12-3-4-12/h1-2,5-8,11-12,16-17H,3-4,9-10H2. The van der Waals surface area contributed by atoms with Crippen LogP contribution < -0.4 is 9.44 Å². The molecule has 130 valence electrons. The van der Waals surface area contributed by atoms with Crippen molar-refractivity contribution in [1.29, 1.82) is 0 Å². The number of thiophene rings is 1. The molecule has 3 rings (SSSR count). The lowest BCUT2D eigenvalue weighted by Gasteiger charge is -2.08. The first-order valence-corrected chi connectivity index (χ1v) is 11.4. The van der Waals surface area contributed by atoms with Crippen molar-refractivity contribution in [3.63, 3.8) is 0 Å². The minimum Gasteiger partial charge on any atom is -0.211 e. The fourth-order valence-electron chi connectivity index (χ4n) is 2.13. The lowest BCUT2D eigenvalue weighted by atomic mass is 10.3. The Morgan fingerprint density at radius 1 is 0.958 bits per heavy atom. The van der Waals surface area contributed by atoms with Gasteiger partial charge in [-0.2, -0.15) is 0 Å². The highest BCUT2D eigenvalue weighted by molar-refractivity contribution is 7.90. The van der Waals surface area contributed by atoms with Crippen LogP contribution in [0.3, 0.4) is 0 Å². The summed E-state index contributed by atoms with van der Waals surface area (Å²) < 4.78 is 53.7. The summed E-state index contributed by atoms with van der Waals surface area (Å²) in [6.07, 6.45) is 2.31. The average molecular weight is 387 g/mol. The third-order valence-electron chi connectivity index (χ3n) is 3.59. The summed E-state index contributed by atoms with van der Waals surface area (Å²) in [5, 5.41) is 1.94. The van der Waals surface area contributed by atoms with E-state index in [4.69, 9.17) is 0 Å². The second kappa shape index (κ2) is 6.93. The second-order valence-corrected chi connectivity index (χ2v) is 10.1. The lowest BCUT2D eigenvalue weighted by molar-refractivity contribution is 0.577. The van der Waals surface area contributed by atoms with Crippen molar-refractivity contribution in [3.05, 3.63) is 46.7 Å². The summed E-state index contributed by atoms with van der Waals surface area (Å²) in [5.41, 5.74) is 0. The van der Waals surface area contributed by atoms with Gasteiger partial charge in [0.15, 0.2) is 0 Å². The van der Waals surface area contributed by atoms with Crippen LogP contribution in [0.2, 0.25) is 0 Å². The van der Waals surface area contributed by atoms with Crippen LogP contribution in [0.15, 0.2) is 51.6 Å². The normalized spacial score (nSPS) is 15.5.